The van der Waals surface area contributed by atoms with Gasteiger partial charge in [-0.05, 0) is 30.0 Å². The highest BCUT2D eigenvalue weighted by Crippen LogP contribution is 2.63. The fourth-order valence-corrected chi connectivity index (χ4v) is 5.22. The van der Waals surface area contributed by atoms with Gasteiger partial charge >= 0.3 is 7.67 Å². The van der Waals surface area contributed by atoms with Crippen LogP contribution in [-0.2, 0) is 9.09 Å². The van der Waals surface area contributed by atoms with Crippen LogP contribution >= 0.6 is 7.67 Å². The molecule has 9 heteroatoms. The summed E-state index contributed by atoms with van der Waals surface area (Å²) in [7, 11) is -2.95. The minimum Gasteiger partial charge on any atom is -0.298 e. The summed E-state index contributed by atoms with van der Waals surface area (Å²) in [5.41, 5.74) is 0.788. The summed E-state index contributed by atoms with van der Waals surface area (Å²) >= 11 is 0. The zero-order valence-electron chi connectivity index (χ0n) is 13.2. The summed E-state index contributed by atoms with van der Waals surface area (Å²) in [6, 6.07) is 4.87. The Kier molecular flexibility index (Phi) is 3.65. The predicted octanol–water partition coefficient (Wildman–Crippen LogP) is 2.96. The number of nitrogens with zero attached hydrogens (tertiary/aromatic N) is 4. The van der Waals surface area contributed by atoms with E-state index in [2.05, 4.69) is 4.98 Å². The fourth-order valence-electron chi connectivity index (χ4n) is 2.88. The molecule has 3 heterocycles. The number of non-ortho nitro benzene ring substituents is 1. The highest BCUT2D eigenvalue weighted by molar-refractivity contribution is 7.54. The monoisotopic (exact) mass is 348 g/mol. The van der Waals surface area contributed by atoms with Crippen molar-refractivity contribution in [3.05, 3.63) is 46.3 Å². The van der Waals surface area contributed by atoms with Gasteiger partial charge in [-0.2, -0.15) is 0 Å². The predicted molar refractivity (Wildman–Crippen MR) is 88.6 cm³/mol. The smallest absolute Gasteiger partial charge is 0.298 e. The summed E-state index contributed by atoms with van der Waals surface area (Å²) in [5.74, 6) is 0. The normalized spacial score (nSPS) is 19.4. The van der Waals surface area contributed by atoms with Crippen molar-refractivity contribution in [2.24, 2.45) is 0 Å². The summed E-state index contributed by atoms with van der Waals surface area (Å²) in [6.07, 6.45) is 2.64. The number of rotatable bonds is 6. The quantitative estimate of drug-likeness (QED) is 0.343. The van der Waals surface area contributed by atoms with Gasteiger partial charge in [0.05, 0.1) is 16.4 Å². The Balaban J connectivity index is 1.72. The zero-order chi connectivity index (χ0) is 16.9. The van der Waals surface area contributed by atoms with Crippen molar-refractivity contribution < 1.29 is 14.0 Å². The van der Waals surface area contributed by atoms with Crippen molar-refractivity contribution in [3.63, 3.8) is 0 Å². The zero-order valence-corrected chi connectivity index (χ0v) is 14.1. The minimum absolute atomic E-state index is 0.00844. The van der Waals surface area contributed by atoms with Gasteiger partial charge in [-0.25, -0.2) is 9.34 Å². The molecule has 1 aromatic heterocycles. The van der Waals surface area contributed by atoms with Crippen molar-refractivity contribution in [1.29, 1.82) is 0 Å². The highest BCUT2D eigenvalue weighted by atomic mass is 31.2. The fraction of sp³-hybridized carbons (Fsp3) is 0.400. The molecule has 0 radical (unpaired) electrons. The second-order valence-electron chi connectivity index (χ2n) is 6.00. The van der Waals surface area contributed by atoms with E-state index in [1.807, 2.05) is 16.3 Å². The SMILES string of the molecule is CC(OP(=O)(N1CC1)N1CC1)c1ccc([N+](=O)[O-])c2cnccc12. The number of fused-ring (bicyclic) bond motifs is 1. The number of hydrogen-bond acceptors (Lipinski definition) is 5. The Bertz CT molecular complexity index is 850. The molecule has 0 amide bonds. The number of benzene rings is 1. The Morgan fingerprint density at radius 1 is 1.21 bits per heavy atom. The lowest BCUT2D eigenvalue weighted by atomic mass is 10.0. The Morgan fingerprint density at radius 2 is 1.88 bits per heavy atom. The van der Waals surface area contributed by atoms with Gasteiger partial charge in [0.1, 0.15) is 0 Å². The van der Waals surface area contributed by atoms with Gasteiger partial charge < -0.3 is 0 Å². The van der Waals surface area contributed by atoms with Gasteiger partial charge in [-0.1, -0.05) is 0 Å². The summed E-state index contributed by atoms with van der Waals surface area (Å²) < 4.78 is 22.8. The molecule has 1 unspecified atom stereocenters. The second-order valence-corrected chi connectivity index (χ2v) is 8.32. The van der Waals surface area contributed by atoms with E-state index in [9.17, 15) is 14.7 Å². The molecule has 126 valence electrons. The Hall–Kier alpha value is -1.86. The third-order valence-electron chi connectivity index (χ3n) is 4.32. The van der Waals surface area contributed by atoms with E-state index in [0.29, 0.717) is 10.8 Å². The van der Waals surface area contributed by atoms with Crippen molar-refractivity contribution in [1.82, 2.24) is 14.3 Å². The molecule has 2 aliphatic rings. The number of nitro benzene ring substituents is 1. The molecule has 2 fully saturated rings. The number of pyridine rings is 1. The minimum atomic E-state index is -2.95. The van der Waals surface area contributed by atoms with E-state index in [-0.39, 0.29) is 5.69 Å². The van der Waals surface area contributed by atoms with E-state index in [4.69, 9.17) is 4.52 Å². The van der Waals surface area contributed by atoms with Gasteiger partial charge in [-0.15, -0.1) is 0 Å². The standard InChI is InChI=1S/C15H17N4O4P/c1-11(23-24(22,17-6-7-17)18-8-9-18)12-2-3-15(19(20)21)14-10-16-5-4-13(12)14/h2-5,10-11H,6-9H2,1H3. The third kappa shape index (κ3) is 2.61. The molecular formula is C15H17N4O4P. The summed E-state index contributed by atoms with van der Waals surface area (Å²) in [4.78, 5) is 14.8. The van der Waals surface area contributed by atoms with E-state index < -0.39 is 18.7 Å². The first-order valence-corrected chi connectivity index (χ1v) is 9.34. The molecule has 0 bridgehead atoms. The van der Waals surface area contributed by atoms with Crippen LogP contribution in [0.25, 0.3) is 10.8 Å². The topological polar surface area (TPSA) is 88.3 Å². The van der Waals surface area contributed by atoms with E-state index in [1.54, 1.807) is 18.3 Å². The molecule has 2 saturated heterocycles. The molecule has 2 aliphatic heterocycles. The van der Waals surface area contributed by atoms with Gasteiger partial charge in [0.15, 0.2) is 0 Å². The number of aromatic nitrogens is 1. The maximum Gasteiger partial charge on any atom is 0.346 e. The van der Waals surface area contributed by atoms with Crippen molar-refractivity contribution in [3.8, 4) is 0 Å². The van der Waals surface area contributed by atoms with Crippen LogP contribution in [0, 0.1) is 10.1 Å². The molecule has 0 spiro atoms. The van der Waals surface area contributed by atoms with Crippen molar-refractivity contribution in [2.75, 3.05) is 26.2 Å². The van der Waals surface area contributed by atoms with E-state index in [1.165, 1.54) is 12.3 Å². The third-order valence-corrected chi connectivity index (χ3v) is 7.14. The van der Waals surface area contributed by atoms with Gasteiger partial charge in [-0.3, -0.25) is 24.2 Å². The number of nitro groups is 1. The van der Waals surface area contributed by atoms with Crippen LogP contribution in [0.3, 0.4) is 0 Å². The lowest BCUT2D eigenvalue weighted by Gasteiger charge is -2.24. The van der Waals surface area contributed by atoms with Crippen LogP contribution in [0.15, 0.2) is 30.6 Å². The van der Waals surface area contributed by atoms with Crippen LogP contribution in [-0.4, -0.2) is 45.4 Å². The summed E-state index contributed by atoms with van der Waals surface area (Å²) in [6.45, 7) is 4.97. The molecule has 2 aromatic rings. The molecule has 0 aliphatic carbocycles. The highest BCUT2D eigenvalue weighted by Gasteiger charge is 2.50. The van der Waals surface area contributed by atoms with Gasteiger partial charge in [0.25, 0.3) is 5.69 Å². The average Bonchev–Trinajstić information content (AvgIpc) is 3.44. The molecule has 1 atom stereocenters. The van der Waals surface area contributed by atoms with Crippen LogP contribution < -0.4 is 0 Å². The van der Waals surface area contributed by atoms with Crippen LogP contribution in [0.5, 0.6) is 0 Å². The van der Waals surface area contributed by atoms with E-state index >= 15 is 0 Å². The molecule has 24 heavy (non-hydrogen) atoms. The first-order chi connectivity index (χ1) is 11.5. The van der Waals surface area contributed by atoms with Crippen molar-refractivity contribution >= 4 is 24.1 Å². The van der Waals surface area contributed by atoms with Crippen LogP contribution in [0.1, 0.15) is 18.6 Å². The first-order valence-electron chi connectivity index (χ1n) is 7.81. The maximum atomic E-state index is 13.1. The van der Waals surface area contributed by atoms with E-state index in [0.717, 1.165) is 31.7 Å². The molecule has 0 saturated carbocycles. The molecule has 0 N–H and O–H groups in total. The molecule has 8 nitrogen and oxygen atoms in total. The largest absolute Gasteiger partial charge is 0.346 e. The summed E-state index contributed by atoms with van der Waals surface area (Å²) in [5, 5.41) is 12.4. The lowest BCUT2D eigenvalue weighted by Crippen LogP contribution is -2.11. The maximum absolute atomic E-state index is 13.1. The van der Waals surface area contributed by atoms with Gasteiger partial charge in [0.2, 0.25) is 0 Å². The molecule has 4 rings (SSSR count). The van der Waals surface area contributed by atoms with Crippen LogP contribution in [0.4, 0.5) is 5.69 Å². The first kappa shape index (κ1) is 15.7. The molecular weight excluding hydrogens is 331 g/mol. The Morgan fingerprint density at radius 3 is 2.46 bits per heavy atom. The average molecular weight is 348 g/mol. The second kappa shape index (κ2) is 5.60. The van der Waals surface area contributed by atoms with Crippen LogP contribution in [0.2, 0.25) is 0 Å². The Labute approximate surface area is 138 Å². The van der Waals surface area contributed by atoms with Gasteiger partial charge in [0, 0.05) is 44.6 Å². The van der Waals surface area contributed by atoms with Crippen molar-refractivity contribution in [2.45, 2.75) is 13.0 Å². The lowest BCUT2D eigenvalue weighted by molar-refractivity contribution is -0.383. The molecule has 1 aromatic carbocycles. The number of hydrogen-bond donors (Lipinski definition) is 0.